The number of nitrogens with zero attached hydrogens (tertiary/aromatic N) is 5. The lowest BCUT2D eigenvalue weighted by atomic mass is 10.0. The number of carbonyl (C=O) groups excluding carboxylic acids is 2. The molecule has 1 saturated carbocycles. The number of anilines is 3. The molecule has 2 amide bonds. The van der Waals surface area contributed by atoms with Crippen LogP contribution in [0.5, 0.6) is 0 Å². The highest BCUT2D eigenvalue weighted by Gasteiger charge is 2.41. The summed E-state index contributed by atoms with van der Waals surface area (Å²) in [5.41, 5.74) is 1.03. The largest absolute Gasteiger partial charge is 0.420 e. The molecular formula is C31H36F3N7O5S2. The Morgan fingerprint density at radius 2 is 1.92 bits per heavy atom. The van der Waals surface area contributed by atoms with E-state index in [1.54, 1.807) is 7.05 Å². The van der Waals surface area contributed by atoms with Gasteiger partial charge in [0.1, 0.15) is 16.5 Å². The van der Waals surface area contributed by atoms with Crippen molar-refractivity contribution in [1.29, 1.82) is 0 Å². The van der Waals surface area contributed by atoms with Gasteiger partial charge < -0.3 is 25.2 Å². The minimum atomic E-state index is -4.81. The van der Waals surface area contributed by atoms with Gasteiger partial charge in [-0.3, -0.25) is 23.6 Å². The monoisotopic (exact) mass is 707 g/mol. The van der Waals surface area contributed by atoms with Gasteiger partial charge in [-0.25, -0.2) is 9.97 Å². The van der Waals surface area contributed by atoms with Crippen molar-refractivity contribution in [1.82, 2.24) is 25.1 Å². The van der Waals surface area contributed by atoms with Crippen molar-refractivity contribution in [2.75, 3.05) is 69.5 Å². The summed E-state index contributed by atoms with van der Waals surface area (Å²) < 4.78 is 70.1. The van der Waals surface area contributed by atoms with E-state index in [0.29, 0.717) is 38.2 Å². The number of thiophene rings is 1. The van der Waals surface area contributed by atoms with Crippen molar-refractivity contribution >= 4 is 51.1 Å². The summed E-state index contributed by atoms with van der Waals surface area (Å²) in [6, 6.07) is 6.55. The first-order chi connectivity index (χ1) is 22.8. The van der Waals surface area contributed by atoms with E-state index in [4.69, 9.17) is 4.74 Å². The Hall–Kier alpha value is -3.48. The minimum absolute atomic E-state index is 0.00943. The van der Waals surface area contributed by atoms with Crippen molar-refractivity contribution in [3.8, 4) is 10.6 Å². The fourth-order valence-corrected chi connectivity index (χ4v) is 9.29. The molecule has 3 fully saturated rings. The molecule has 3 aliphatic heterocycles. The standard InChI is InChI=1S/C31H36F3N7O5S2/c1-35-28(42)23-14-40(8-7-39(23)2)18-5-6-22(20(11-18)17-3-4-17)37-30-36-13-21(31(32,33)34)26(38-30)24-12-25-27(47-24)29(43)41(19-15-46-16-19)9-10-48(25,44)45/h5-6,11-13,17,19,23,44-45H,3-4,7-10,14-16H2,1-2H3,(H,35,42)(H,36,37,38). The van der Waals surface area contributed by atoms with Crippen LogP contribution in [0.2, 0.25) is 0 Å². The number of likely N-dealkylation sites (N-methyl/N-ethyl adjacent to an activating group) is 2. The summed E-state index contributed by atoms with van der Waals surface area (Å²) in [5, 5.41) is 5.86. The number of halogens is 3. The van der Waals surface area contributed by atoms with E-state index in [-0.39, 0.29) is 56.8 Å². The van der Waals surface area contributed by atoms with Gasteiger partial charge in [-0.15, -0.1) is 11.3 Å². The van der Waals surface area contributed by atoms with Gasteiger partial charge in [0.15, 0.2) is 0 Å². The molecule has 258 valence electrons. The van der Waals surface area contributed by atoms with Crippen LogP contribution in [-0.2, 0) is 15.7 Å². The highest BCUT2D eigenvalue weighted by Crippen LogP contribution is 2.56. The van der Waals surface area contributed by atoms with Gasteiger partial charge in [-0.1, -0.05) is 0 Å². The molecule has 48 heavy (non-hydrogen) atoms. The first-order valence-electron chi connectivity index (χ1n) is 15.6. The third kappa shape index (κ3) is 6.22. The van der Waals surface area contributed by atoms with E-state index in [1.807, 2.05) is 24.1 Å². The molecular weight excluding hydrogens is 672 g/mol. The number of hydrogen-bond acceptors (Lipinski definition) is 11. The van der Waals surface area contributed by atoms with Crippen LogP contribution >= 0.6 is 21.9 Å². The minimum Gasteiger partial charge on any atom is -0.377 e. The molecule has 0 radical (unpaired) electrons. The van der Waals surface area contributed by atoms with Crippen LogP contribution in [0, 0.1) is 0 Å². The maximum Gasteiger partial charge on any atom is 0.420 e. The molecule has 1 aliphatic carbocycles. The predicted molar refractivity (Wildman–Crippen MR) is 176 cm³/mol. The Morgan fingerprint density at radius 3 is 2.58 bits per heavy atom. The molecule has 3 aromatic rings. The Labute approximate surface area is 280 Å². The number of ether oxygens (including phenoxy) is 1. The second kappa shape index (κ2) is 12.4. The number of alkyl halides is 3. The van der Waals surface area contributed by atoms with Crippen LogP contribution in [-0.4, -0.2) is 112 Å². The van der Waals surface area contributed by atoms with Crippen LogP contribution in [0.15, 0.2) is 35.4 Å². The predicted octanol–water partition coefficient (Wildman–Crippen LogP) is 4.68. The number of piperazine rings is 1. The summed E-state index contributed by atoms with van der Waals surface area (Å²) in [4.78, 5) is 39.9. The number of benzene rings is 1. The van der Waals surface area contributed by atoms with Gasteiger partial charge in [-0.2, -0.15) is 23.8 Å². The highest BCUT2D eigenvalue weighted by molar-refractivity contribution is 8.24. The van der Waals surface area contributed by atoms with Gasteiger partial charge >= 0.3 is 6.18 Å². The molecule has 5 heterocycles. The summed E-state index contributed by atoms with van der Waals surface area (Å²) >= 11 is 0.766. The Bertz CT molecular complexity index is 1750. The fourth-order valence-electron chi connectivity index (χ4n) is 6.31. The molecule has 17 heteroatoms. The van der Waals surface area contributed by atoms with Crippen LogP contribution in [0.25, 0.3) is 10.6 Å². The average Bonchev–Trinajstić information content (AvgIpc) is 3.78. The molecule has 4 N–H and O–H groups in total. The molecule has 1 aromatic carbocycles. The van der Waals surface area contributed by atoms with E-state index < -0.39 is 33.9 Å². The van der Waals surface area contributed by atoms with Gasteiger partial charge in [0.05, 0.1) is 40.5 Å². The number of hydrogen-bond donors (Lipinski definition) is 4. The quantitative estimate of drug-likeness (QED) is 0.274. The topological polar surface area (TPSA) is 143 Å². The SMILES string of the molecule is CNC(=O)C1CN(c2ccc(Nc3ncc(C(F)(F)F)c(-c4cc5c(s4)C(=O)N(C4COC4)CCS5(O)O)n3)c(C3CC3)c2)CCN1C. The van der Waals surface area contributed by atoms with E-state index in [9.17, 15) is 31.9 Å². The average molecular weight is 708 g/mol. The van der Waals surface area contributed by atoms with Crippen LogP contribution in [0.3, 0.4) is 0 Å². The van der Waals surface area contributed by atoms with Gasteiger partial charge in [0.25, 0.3) is 5.91 Å². The van der Waals surface area contributed by atoms with E-state index in [1.165, 1.54) is 11.0 Å². The molecule has 2 saturated heterocycles. The normalized spacial score (nSPS) is 22.5. The van der Waals surface area contributed by atoms with E-state index >= 15 is 0 Å². The zero-order chi connectivity index (χ0) is 34.0. The molecule has 7 rings (SSSR count). The third-order valence-corrected chi connectivity index (χ3v) is 12.4. The molecule has 4 aliphatic rings. The molecule has 1 atom stereocenters. The zero-order valence-corrected chi connectivity index (χ0v) is 27.9. The van der Waals surface area contributed by atoms with Crippen molar-refractivity contribution in [3.63, 3.8) is 0 Å². The lowest BCUT2D eigenvalue weighted by Crippen LogP contribution is -2.57. The number of nitrogens with one attached hydrogen (secondary N) is 2. The molecule has 0 bridgehead atoms. The summed E-state index contributed by atoms with van der Waals surface area (Å²) in [6.45, 7) is 2.69. The number of fused-ring (bicyclic) bond motifs is 1. The summed E-state index contributed by atoms with van der Waals surface area (Å²) in [5.74, 6) is -0.454. The highest BCUT2D eigenvalue weighted by atomic mass is 32.3. The van der Waals surface area contributed by atoms with Gasteiger partial charge in [0, 0.05) is 50.8 Å². The van der Waals surface area contributed by atoms with Gasteiger partial charge in [-0.05, 0) is 55.6 Å². The maximum absolute atomic E-state index is 14.3. The first-order valence-corrected chi connectivity index (χ1v) is 18.2. The smallest absolute Gasteiger partial charge is 0.377 e. The Balaban J connectivity index is 1.22. The van der Waals surface area contributed by atoms with Crippen LogP contribution in [0.1, 0.15) is 39.6 Å². The van der Waals surface area contributed by atoms with Crippen molar-refractivity contribution in [2.45, 2.75) is 41.9 Å². The van der Waals surface area contributed by atoms with Crippen molar-refractivity contribution in [3.05, 3.63) is 46.5 Å². The number of aromatic nitrogens is 2. The molecule has 12 nitrogen and oxygen atoms in total. The molecule has 1 unspecified atom stereocenters. The van der Waals surface area contributed by atoms with Crippen LogP contribution < -0.4 is 15.5 Å². The zero-order valence-electron chi connectivity index (χ0n) is 26.3. The second-order valence-corrected chi connectivity index (χ2v) is 15.8. The fraction of sp³-hybridized carbons (Fsp3) is 0.484. The summed E-state index contributed by atoms with van der Waals surface area (Å²) in [7, 11) is 0.0921. The molecule has 0 spiro atoms. The number of amides is 2. The third-order valence-electron chi connectivity index (χ3n) is 9.37. The number of rotatable bonds is 7. The Kier molecular flexibility index (Phi) is 8.56. The van der Waals surface area contributed by atoms with Crippen LogP contribution in [0.4, 0.5) is 30.5 Å². The first kappa shape index (κ1) is 33.0. The van der Waals surface area contributed by atoms with Gasteiger partial charge in [0.2, 0.25) is 11.9 Å². The van der Waals surface area contributed by atoms with E-state index in [2.05, 4.69) is 31.6 Å². The van der Waals surface area contributed by atoms with Crippen molar-refractivity contribution < 1.29 is 36.6 Å². The lowest BCUT2D eigenvalue weighted by molar-refractivity contribution is -0.137. The summed E-state index contributed by atoms with van der Waals surface area (Å²) in [6.07, 6.45) is -2.17. The Morgan fingerprint density at radius 1 is 1.15 bits per heavy atom. The lowest BCUT2D eigenvalue weighted by Gasteiger charge is -2.39. The number of carbonyl (C=O) groups is 2. The maximum atomic E-state index is 14.3. The van der Waals surface area contributed by atoms with E-state index in [0.717, 1.165) is 42.0 Å². The second-order valence-electron chi connectivity index (χ2n) is 12.5. The van der Waals surface area contributed by atoms with Crippen molar-refractivity contribution in [2.24, 2.45) is 0 Å². The molecule has 2 aromatic heterocycles.